The Hall–Kier alpha value is -1.89. The Labute approximate surface area is 156 Å². The van der Waals surface area contributed by atoms with E-state index in [1.165, 1.54) is 5.69 Å². The summed E-state index contributed by atoms with van der Waals surface area (Å²) in [7, 11) is -3.43. The molecular weight excluding hydrogens is 346 g/mol. The van der Waals surface area contributed by atoms with E-state index in [2.05, 4.69) is 45.7 Å². The molecule has 2 aromatic rings. The van der Waals surface area contributed by atoms with Gasteiger partial charge in [0.25, 0.3) is 0 Å². The van der Waals surface area contributed by atoms with E-state index in [1.807, 2.05) is 18.2 Å². The number of hydrogen-bond donors (Lipinski definition) is 1. The normalized spacial score (nSPS) is 16.0. The summed E-state index contributed by atoms with van der Waals surface area (Å²) in [5, 5.41) is 0. The first-order chi connectivity index (χ1) is 12.6. The molecule has 0 bridgehead atoms. The number of benzene rings is 2. The number of piperazine rings is 1. The number of nitrogens with zero attached hydrogens (tertiary/aromatic N) is 2. The van der Waals surface area contributed by atoms with Crippen LogP contribution in [0.2, 0.25) is 0 Å². The number of rotatable bonds is 7. The summed E-state index contributed by atoms with van der Waals surface area (Å²) < 4.78 is 27.5. The van der Waals surface area contributed by atoms with E-state index < -0.39 is 10.0 Å². The molecule has 0 aromatic heterocycles. The molecule has 140 valence electrons. The average Bonchev–Trinajstić information content (AvgIpc) is 2.69. The highest BCUT2D eigenvalue weighted by Crippen LogP contribution is 2.15. The molecule has 1 saturated heterocycles. The van der Waals surface area contributed by atoms with Crippen LogP contribution in [0.25, 0.3) is 0 Å². The molecule has 0 unspecified atom stereocenters. The molecule has 0 atom stereocenters. The van der Waals surface area contributed by atoms with Gasteiger partial charge < -0.3 is 4.90 Å². The fraction of sp³-hybridized carbons (Fsp3) is 0.400. The van der Waals surface area contributed by atoms with Gasteiger partial charge in [-0.1, -0.05) is 37.3 Å². The molecule has 1 N–H and O–H groups in total. The second-order valence-corrected chi connectivity index (χ2v) is 8.33. The second-order valence-electron chi connectivity index (χ2n) is 6.56. The number of hydrogen-bond acceptors (Lipinski definition) is 4. The Kier molecular flexibility index (Phi) is 6.29. The summed E-state index contributed by atoms with van der Waals surface area (Å²) in [5.74, 6) is 0. The fourth-order valence-corrected chi connectivity index (χ4v) is 4.22. The Morgan fingerprint density at radius 2 is 1.58 bits per heavy atom. The molecule has 0 radical (unpaired) electrons. The molecular formula is C20H27N3O2S. The van der Waals surface area contributed by atoms with Gasteiger partial charge in [-0.2, -0.15) is 0 Å². The highest BCUT2D eigenvalue weighted by molar-refractivity contribution is 7.89. The number of nitrogens with one attached hydrogen (secondary N) is 1. The Balaban J connectivity index is 1.45. The van der Waals surface area contributed by atoms with Crippen molar-refractivity contribution in [1.29, 1.82) is 0 Å². The molecule has 26 heavy (non-hydrogen) atoms. The molecule has 0 spiro atoms. The maximum Gasteiger partial charge on any atom is 0.240 e. The van der Waals surface area contributed by atoms with Crippen LogP contribution < -0.4 is 9.62 Å². The van der Waals surface area contributed by atoms with Crippen LogP contribution in [0.3, 0.4) is 0 Å². The zero-order chi connectivity index (χ0) is 18.4. The minimum atomic E-state index is -3.43. The molecule has 0 amide bonds. The predicted octanol–water partition coefficient (Wildman–Crippen LogP) is 2.35. The number of sulfonamides is 1. The van der Waals surface area contributed by atoms with Crippen LogP contribution in [0.15, 0.2) is 59.5 Å². The summed E-state index contributed by atoms with van der Waals surface area (Å²) in [6.07, 6.45) is 0.905. The monoisotopic (exact) mass is 373 g/mol. The summed E-state index contributed by atoms with van der Waals surface area (Å²) >= 11 is 0. The van der Waals surface area contributed by atoms with Gasteiger partial charge in [-0.25, -0.2) is 13.1 Å². The Morgan fingerprint density at radius 1 is 0.923 bits per heavy atom. The predicted molar refractivity (Wildman–Crippen MR) is 106 cm³/mol. The molecule has 0 saturated carbocycles. The van der Waals surface area contributed by atoms with Crippen molar-refractivity contribution in [2.45, 2.75) is 18.2 Å². The van der Waals surface area contributed by atoms with Crippen LogP contribution in [-0.2, 0) is 16.4 Å². The zero-order valence-electron chi connectivity index (χ0n) is 15.3. The summed E-state index contributed by atoms with van der Waals surface area (Å²) in [4.78, 5) is 5.02. The van der Waals surface area contributed by atoms with Gasteiger partial charge in [-0.15, -0.1) is 0 Å². The van der Waals surface area contributed by atoms with Crippen molar-refractivity contribution in [3.8, 4) is 0 Å². The number of anilines is 1. The first-order valence-corrected chi connectivity index (χ1v) is 10.7. The lowest BCUT2D eigenvalue weighted by Crippen LogP contribution is -2.48. The lowest BCUT2D eigenvalue weighted by Gasteiger charge is -2.36. The largest absolute Gasteiger partial charge is 0.369 e. The maximum atomic E-state index is 12.4. The van der Waals surface area contributed by atoms with E-state index in [0.717, 1.165) is 44.7 Å². The highest BCUT2D eigenvalue weighted by atomic mass is 32.2. The Morgan fingerprint density at radius 3 is 2.19 bits per heavy atom. The van der Waals surface area contributed by atoms with E-state index in [-0.39, 0.29) is 0 Å². The van der Waals surface area contributed by atoms with Crippen molar-refractivity contribution in [3.63, 3.8) is 0 Å². The highest BCUT2D eigenvalue weighted by Gasteiger charge is 2.18. The standard InChI is InChI=1S/C20H27N3O2S/c1-2-18-8-10-20(11-9-18)26(24,25)21-12-13-22-14-16-23(17-15-22)19-6-4-3-5-7-19/h3-11,21H,2,12-17H2,1H3. The molecule has 1 heterocycles. The van der Waals surface area contributed by atoms with Crippen LogP contribution in [-0.4, -0.2) is 52.6 Å². The van der Waals surface area contributed by atoms with Crippen molar-refractivity contribution in [1.82, 2.24) is 9.62 Å². The molecule has 2 aromatic carbocycles. The van der Waals surface area contributed by atoms with Crippen LogP contribution in [0.5, 0.6) is 0 Å². The van der Waals surface area contributed by atoms with E-state index in [4.69, 9.17) is 0 Å². The van der Waals surface area contributed by atoms with Crippen molar-refractivity contribution < 1.29 is 8.42 Å². The lowest BCUT2D eigenvalue weighted by atomic mass is 10.2. The van der Waals surface area contributed by atoms with Crippen LogP contribution in [0.1, 0.15) is 12.5 Å². The molecule has 3 rings (SSSR count). The van der Waals surface area contributed by atoms with Gasteiger partial charge in [0.2, 0.25) is 10.0 Å². The molecule has 1 aliphatic heterocycles. The van der Waals surface area contributed by atoms with Gasteiger partial charge in [0, 0.05) is 45.0 Å². The first-order valence-electron chi connectivity index (χ1n) is 9.19. The Bertz CT molecular complexity index is 784. The van der Waals surface area contributed by atoms with Gasteiger partial charge in [0.1, 0.15) is 0 Å². The minimum absolute atomic E-state index is 0.337. The van der Waals surface area contributed by atoms with Gasteiger partial charge in [-0.05, 0) is 36.2 Å². The van der Waals surface area contributed by atoms with Gasteiger partial charge in [0.15, 0.2) is 0 Å². The maximum absolute atomic E-state index is 12.4. The van der Waals surface area contributed by atoms with Crippen LogP contribution >= 0.6 is 0 Å². The topological polar surface area (TPSA) is 52.7 Å². The van der Waals surface area contributed by atoms with Crippen molar-refractivity contribution in [2.75, 3.05) is 44.2 Å². The van der Waals surface area contributed by atoms with Gasteiger partial charge in [0.05, 0.1) is 4.90 Å². The van der Waals surface area contributed by atoms with Crippen LogP contribution in [0.4, 0.5) is 5.69 Å². The molecule has 1 fully saturated rings. The third-order valence-electron chi connectivity index (χ3n) is 4.86. The van der Waals surface area contributed by atoms with E-state index in [1.54, 1.807) is 12.1 Å². The average molecular weight is 374 g/mol. The van der Waals surface area contributed by atoms with Crippen LogP contribution in [0, 0.1) is 0 Å². The lowest BCUT2D eigenvalue weighted by molar-refractivity contribution is 0.262. The zero-order valence-corrected chi connectivity index (χ0v) is 16.1. The van der Waals surface area contributed by atoms with E-state index in [0.29, 0.717) is 11.4 Å². The SMILES string of the molecule is CCc1ccc(S(=O)(=O)NCCN2CCN(c3ccccc3)CC2)cc1. The van der Waals surface area contributed by atoms with Gasteiger partial charge >= 0.3 is 0 Å². The van der Waals surface area contributed by atoms with Crippen molar-refractivity contribution >= 4 is 15.7 Å². The first kappa shape index (κ1) is 18.9. The molecule has 5 nitrogen and oxygen atoms in total. The quantitative estimate of drug-likeness (QED) is 0.809. The van der Waals surface area contributed by atoms with Crippen molar-refractivity contribution in [3.05, 3.63) is 60.2 Å². The minimum Gasteiger partial charge on any atom is -0.369 e. The van der Waals surface area contributed by atoms with Gasteiger partial charge in [-0.3, -0.25) is 4.90 Å². The summed E-state index contributed by atoms with van der Waals surface area (Å²) in [6, 6.07) is 17.5. The van der Waals surface area contributed by atoms with E-state index >= 15 is 0 Å². The second kappa shape index (κ2) is 8.66. The molecule has 0 aliphatic carbocycles. The third-order valence-corrected chi connectivity index (χ3v) is 6.33. The third kappa shape index (κ3) is 4.84. The van der Waals surface area contributed by atoms with Crippen molar-refractivity contribution in [2.24, 2.45) is 0 Å². The molecule has 6 heteroatoms. The smallest absolute Gasteiger partial charge is 0.240 e. The fourth-order valence-electron chi connectivity index (χ4n) is 3.19. The summed E-state index contributed by atoms with van der Waals surface area (Å²) in [5.41, 5.74) is 2.39. The summed E-state index contributed by atoms with van der Waals surface area (Å²) in [6.45, 7) is 7.05. The van der Waals surface area contributed by atoms with E-state index in [9.17, 15) is 8.42 Å². The number of aryl methyl sites for hydroxylation is 1. The number of para-hydroxylation sites is 1. The molecule has 1 aliphatic rings.